The second-order valence-corrected chi connectivity index (χ2v) is 6.89. The van der Waals surface area contributed by atoms with Gasteiger partial charge in [-0.2, -0.15) is 0 Å². The van der Waals surface area contributed by atoms with Crippen LogP contribution in [0.2, 0.25) is 0 Å². The van der Waals surface area contributed by atoms with Gasteiger partial charge in [0.1, 0.15) is 0 Å². The molecule has 0 aromatic heterocycles. The lowest BCUT2D eigenvalue weighted by Crippen LogP contribution is -2.34. The van der Waals surface area contributed by atoms with Crippen molar-refractivity contribution in [2.45, 2.75) is 19.8 Å². The summed E-state index contributed by atoms with van der Waals surface area (Å²) in [5.41, 5.74) is 3.13. The van der Waals surface area contributed by atoms with Gasteiger partial charge in [0, 0.05) is 51.8 Å². The van der Waals surface area contributed by atoms with Crippen LogP contribution in [-0.2, 0) is 4.74 Å². The van der Waals surface area contributed by atoms with E-state index in [9.17, 15) is 4.79 Å². The van der Waals surface area contributed by atoms with Crippen LogP contribution >= 0.6 is 0 Å². The second kappa shape index (κ2) is 6.79. The number of hydrogen-bond acceptors (Lipinski definition) is 3. The Morgan fingerprint density at radius 1 is 1.30 bits per heavy atom. The molecule has 1 aromatic carbocycles. The quantitative estimate of drug-likeness (QED) is 0.932. The van der Waals surface area contributed by atoms with Gasteiger partial charge in [-0.15, -0.1) is 0 Å². The van der Waals surface area contributed by atoms with E-state index in [1.807, 2.05) is 38.1 Å². The number of ether oxygens (including phenoxy) is 1. The molecule has 2 aliphatic rings. The van der Waals surface area contributed by atoms with Crippen molar-refractivity contribution in [3.8, 4) is 0 Å². The highest BCUT2D eigenvalue weighted by Crippen LogP contribution is 2.31. The molecular formula is C18H27N3O2. The summed E-state index contributed by atoms with van der Waals surface area (Å²) in [5.74, 6) is 1.23. The van der Waals surface area contributed by atoms with Gasteiger partial charge in [-0.25, -0.2) is 4.79 Å². The molecule has 0 unspecified atom stereocenters. The largest absolute Gasteiger partial charge is 0.381 e. The van der Waals surface area contributed by atoms with Crippen molar-refractivity contribution >= 4 is 17.4 Å². The Morgan fingerprint density at radius 2 is 2.13 bits per heavy atom. The van der Waals surface area contributed by atoms with Gasteiger partial charge in [-0.1, -0.05) is 6.07 Å². The minimum Gasteiger partial charge on any atom is -0.381 e. The summed E-state index contributed by atoms with van der Waals surface area (Å²) >= 11 is 0. The average molecular weight is 317 g/mol. The molecule has 126 valence electrons. The monoisotopic (exact) mass is 317 g/mol. The van der Waals surface area contributed by atoms with Gasteiger partial charge < -0.3 is 19.9 Å². The number of carbonyl (C=O) groups is 1. The predicted molar refractivity (Wildman–Crippen MR) is 93.1 cm³/mol. The number of hydrogen-bond donors (Lipinski definition) is 1. The third-order valence-electron chi connectivity index (χ3n) is 5.17. The number of nitrogens with zero attached hydrogens (tertiary/aromatic N) is 2. The van der Waals surface area contributed by atoms with Crippen LogP contribution in [0, 0.1) is 18.8 Å². The van der Waals surface area contributed by atoms with Crippen molar-refractivity contribution in [2.75, 3.05) is 50.6 Å². The number of rotatable bonds is 3. The summed E-state index contributed by atoms with van der Waals surface area (Å²) in [7, 11) is 4.03. The van der Waals surface area contributed by atoms with E-state index in [2.05, 4.69) is 16.3 Å². The first kappa shape index (κ1) is 16.1. The van der Waals surface area contributed by atoms with Gasteiger partial charge in [-0.3, -0.25) is 0 Å². The lowest BCUT2D eigenvalue weighted by Gasteiger charge is -2.22. The van der Waals surface area contributed by atoms with Gasteiger partial charge in [0.05, 0.1) is 0 Å². The van der Waals surface area contributed by atoms with E-state index >= 15 is 0 Å². The summed E-state index contributed by atoms with van der Waals surface area (Å²) in [6.45, 7) is 5.49. The SMILES string of the molecule is Cc1c(NC(=O)N2CC[C@@H]([C@@H]3CCOC3)C2)cccc1N(C)C. The molecule has 2 saturated heterocycles. The molecule has 0 bridgehead atoms. The Hall–Kier alpha value is -1.75. The number of anilines is 2. The number of amides is 2. The van der Waals surface area contributed by atoms with E-state index in [1.54, 1.807) is 0 Å². The van der Waals surface area contributed by atoms with Crippen LogP contribution < -0.4 is 10.2 Å². The minimum atomic E-state index is 0.0189. The van der Waals surface area contributed by atoms with E-state index in [-0.39, 0.29) is 6.03 Å². The Labute approximate surface area is 138 Å². The van der Waals surface area contributed by atoms with Crippen LogP contribution in [-0.4, -0.2) is 51.3 Å². The van der Waals surface area contributed by atoms with Crippen molar-refractivity contribution < 1.29 is 9.53 Å². The third kappa shape index (κ3) is 3.44. The molecule has 2 aliphatic heterocycles. The van der Waals surface area contributed by atoms with E-state index in [0.29, 0.717) is 11.8 Å². The highest BCUT2D eigenvalue weighted by atomic mass is 16.5. The third-order valence-corrected chi connectivity index (χ3v) is 5.17. The maximum absolute atomic E-state index is 12.6. The van der Waals surface area contributed by atoms with Crippen molar-refractivity contribution in [3.05, 3.63) is 23.8 Å². The van der Waals surface area contributed by atoms with Crippen molar-refractivity contribution in [1.82, 2.24) is 4.90 Å². The summed E-state index contributed by atoms with van der Waals surface area (Å²) < 4.78 is 5.49. The smallest absolute Gasteiger partial charge is 0.321 e. The van der Waals surface area contributed by atoms with E-state index in [4.69, 9.17) is 4.74 Å². The van der Waals surface area contributed by atoms with Crippen LogP contribution in [0.1, 0.15) is 18.4 Å². The normalized spacial score (nSPS) is 24.0. The molecule has 1 aromatic rings. The van der Waals surface area contributed by atoms with Crippen LogP contribution in [0.25, 0.3) is 0 Å². The highest BCUT2D eigenvalue weighted by molar-refractivity contribution is 5.91. The molecule has 2 heterocycles. The lowest BCUT2D eigenvalue weighted by atomic mass is 9.91. The maximum atomic E-state index is 12.6. The molecule has 0 saturated carbocycles. The van der Waals surface area contributed by atoms with Crippen molar-refractivity contribution in [2.24, 2.45) is 11.8 Å². The Kier molecular flexibility index (Phi) is 4.76. The van der Waals surface area contributed by atoms with E-state index < -0.39 is 0 Å². The molecule has 5 nitrogen and oxygen atoms in total. The number of carbonyl (C=O) groups excluding carboxylic acids is 1. The summed E-state index contributed by atoms with van der Waals surface area (Å²) in [5, 5.41) is 3.09. The lowest BCUT2D eigenvalue weighted by molar-refractivity contribution is 0.171. The Balaban J connectivity index is 1.62. The average Bonchev–Trinajstić information content (AvgIpc) is 3.19. The molecule has 0 radical (unpaired) electrons. The van der Waals surface area contributed by atoms with E-state index in [0.717, 1.165) is 56.1 Å². The summed E-state index contributed by atoms with van der Waals surface area (Å²) in [6, 6.07) is 6.04. The van der Waals surface area contributed by atoms with Crippen molar-refractivity contribution in [3.63, 3.8) is 0 Å². The predicted octanol–water partition coefficient (Wildman–Crippen LogP) is 2.95. The fraction of sp³-hybridized carbons (Fsp3) is 0.611. The van der Waals surface area contributed by atoms with Crippen LogP contribution in [0.15, 0.2) is 18.2 Å². The standard InChI is InChI=1S/C18H27N3O2/c1-13-16(5-4-6-17(13)20(2)3)19-18(22)21-9-7-14(11-21)15-8-10-23-12-15/h4-6,14-15H,7-12H2,1-3H3,(H,19,22)/t14-,15-/m1/s1. The molecule has 23 heavy (non-hydrogen) atoms. The zero-order valence-corrected chi connectivity index (χ0v) is 14.3. The Morgan fingerprint density at radius 3 is 2.83 bits per heavy atom. The van der Waals surface area contributed by atoms with Gasteiger partial charge in [0.2, 0.25) is 0 Å². The number of likely N-dealkylation sites (tertiary alicyclic amines) is 1. The highest BCUT2D eigenvalue weighted by Gasteiger charge is 2.33. The number of urea groups is 1. The minimum absolute atomic E-state index is 0.0189. The molecule has 0 aliphatic carbocycles. The number of benzene rings is 1. The van der Waals surface area contributed by atoms with Crippen molar-refractivity contribution in [1.29, 1.82) is 0 Å². The van der Waals surface area contributed by atoms with Gasteiger partial charge in [-0.05, 0) is 49.3 Å². The zero-order chi connectivity index (χ0) is 16.4. The summed E-state index contributed by atoms with van der Waals surface area (Å²) in [4.78, 5) is 16.6. The maximum Gasteiger partial charge on any atom is 0.321 e. The first-order valence-corrected chi connectivity index (χ1v) is 8.47. The van der Waals surface area contributed by atoms with Gasteiger partial charge in [0.15, 0.2) is 0 Å². The molecule has 5 heteroatoms. The molecule has 2 atom stereocenters. The fourth-order valence-corrected chi connectivity index (χ4v) is 3.72. The van der Waals surface area contributed by atoms with Crippen LogP contribution in [0.5, 0.6) is 0 Å². The molecule has 2 amide bonds. The molecule has 3 rings (SSSR count). The van der Waals surface area contributed by atoms with Gasteiger partial charge in [0.25, 0.3) is 0 Å². The molecule has 2 fully saturated rings. The number of nitrogens with one attached hydrogen (secondary N) is 1. The van der Waals surface area contributed by atoms with Gasteiger partial charge >= 0.3 is 6.03 Å². The Bertz CT molecular complexity index is 567. The first-order chi connectivity index (χ1) is 11.1. The molecule has 0 spiro atoms. The fourth-order valence-electron chi connectivity index (χ4n) is 3.72. The van der Waals surface area contributed by atoms with Crippen LogP contribution in [0.3, 0.4) is 0 Å². The zero-order valence-electron chi connectivity index (χ0n) is 14.3. The van der Waals surface area contributed by atoms with E-state index in [1.165, 1.54) is 0 Å². The second-order valence-electron chi connectivity index (χ2n) is 6.89. The summed E-state index contributed by atoms with van der Waals surface area (Å²) in [6.07, 6.45) is 2.24. The first-order valence-electron chi connectivity index (χ1n) is 8.47. The van der Waals surface area contributed by atoms with Crippen LogP contribution in [0.4, 0.5) is 16.2 Å². The molecular weight excluding hydrogens is 290 g/mol. The topological polar surface area (TPSA) is 44.8 Å². The molecule has 1 N–H and O–H groups in total.